The lowest BCUT2D eigenvalue weighted by Crippen LogP contribution is -2.26. The molecule has 1 amide bonds. The average molecular weight is 277 g/mol. The van der Waals surface area contributed by atoms with E-state index in [9.17, 15) is 9.18 Å². The van der Waals surface area contributed by atoms with E-state index >= 15 is 0 Å². The van der Waals surface area contributed by atoms with Crippen molar-refractivity contribution in [3.05, 3.63) is 47.4 Å². The number of carbonyl (C=O) groups is 1. The number of carbonyl (C=O) groups excluding carboxylic acids is 1. The van der Waals surface area contributed by atoms with Crippen LogP contribution in [0.15, 0.2) is 28.7 Å². The van der Waals surface area contributed by atoms with E-state index < -0.39 is 5.91 Å². The van der Waals surface area contributed by atoms with Crippen LogP contribution in [0, 0.1) is 5.82 Å². The van der Waals surface area contributed by atoms with Crippen LogP contribution in [-0.4, -0.2) is 22.6 Å². The predicted octanol–water partition coefficient (Wildman–Crippen LogP) is 2.30. The molecule has 0 spiro atoms. The fourth-order valence-electron chi connectivity index (χ4n) is 1.61. The average Bonchev–Trinajstić information content (AvgIpc) is 2.91. The maximum Gasteiger partial charge on any atom is 0.308 e. The highest BCUT2D eigenvalue weighted by Gasteiger charge is 2.15. The van der Waals surface area contributed by atoms with Gasteiger partial charge in [-0.3, -0.25) is 4.79 Å². The molecule has 0 aliphatic heterocycles. The van der Waals surface area contributed by atoms with Gasteiger partial charge in [0.2, 0.25) is 5.89 Å². The molecular weight excluding hydrogens is 261 g/mol. The van der Waals surface area contributed by atoms with Crippen molar-refractivity contribution in [2.24, 2.45) is 0 Å². The van der Waals surface area contributed by atoms with Gasteiger partial charge in [-0.2, -0.15) is 0 Å². The summed E-state index contributed by atoms with van der Waals surface area (Å²) in [5.41, 5.74) is 0.945. The van der Waals surface area contributed by atoms with Crippen LogP contribution in [0.2, 0.25) is 0 Å². The van der Waals surface area contributed by atoms with E-state index in [0.29, 0.717) is 18.9 Å². The smallest absolute Gasteiger partial charge is 0.308 e. The third kappa shape index (κ3) is 3.63. The lowest BCUT2D eigenvalue weighted by Gasteiger charge is -2.02. The van der Waals surface area contributed by atoms with Crippen molar-refractivity contribution in [2.75, 3.05) is 6.54 Å². The molecule has 0 bridgehead atoms. The van der Waals surface area contributed by atoms with Gasteiger partial charge in [0, 0.05) is 12.5 Å². The second kappa shape index (κ2) is 6.27. The Bertz CT molecular complexity index is 578. The Balaban J connectivity index is 1.84. The SMILES string of the molecule is CC(C)c1nnc(C(=O)NCCc2ccc(F)cc2)o1. The number of halogens is 1. The first-order valence-corrected chi connectivity index (χ1v) is 6.42. The molecule has 0 aliphatic rings. The van der Waals surface area contributed by atoms with Gasteiger partial charge in [0.05, 0.1) is 0 Å². The number of hydrogen-bond donors (Lipinski definition) is 1. The molecule has 0 saturated carbocycles. The summed E-state index contributed by atoms with van der Waals surface area (Å²) in [7, 11) is 0. The quantitative estimate of drug-likeness (QED) is 0.910. The van der Waals surface area contributed by atoms with E-state index in [1.807, 2.05) is 13.8 Å². The van der Waals surface area contributed by atoms with Crippen LogP contribution in [0.4, 0.5) is 4.39 Å². The maximum atomic E-state index is 12.7. The molecule has 0 aliphatic carbocycles. The molecule has 20 heavy (non-hydrogen) atoms. The summed E-state index contributed by atoms with van der Waals surface area (Å²) in [5, 5.41) is 10.2. The molecule has 0 radical (unpaired) electrons. The molecule has 2 aromatic rings. The zero-order valence-electron chi connectivity index (χ0n) is 11.4. The maximum absolute atomic E-state index is 12.7. The van der Waals surface area contributed by atoms with Crippen molar-refractivity contribution in [1.82, 2.24) is 15.5 Å². The summed E-state index contributed by atoms with van der Waals surface area (Å²) in [6.07, 6.45) is 0.608. The highest BCUT2D eigenvalue weighted by molar-refractivity contribution is 5.89. The third-order valence-corrected chi connectivity index (χ3v) is 2.74. The molecule has 1 N–H and O–H groups in total. The van der Waals surface area contributed by atoms with Crippen molar-refractivity contribution in [1.29, 1.82) is 0 Å². The van der Waals surface area contributed by atoms with Gasteiger partial charge in [-0.15, -0.1) is 10.2 Å². The number of amides is 1. The van der Waals surface area contributed by atoms with Crippen molar-refractivity contribution in [3.8, 4) is 0 Å². The van der Waals surface area contributed by atoms with Gasteiger partial charge in [0.25, 0.3) is 0 Å². The molecule has 1 aromatic heterocycles. The summed E-state index contributed by atoms with van der Waals surface area (Å²) >= 11 is 0. The molecule has 0 saturated heterocycles. The molecule has 2 rings (SSSR count). The molecular formula is C14H16FN3O2. The number of nitrogens with zero attached hydrogens (tertiary/aromatic N) is 2. The Hall–Kier alpha value is -2.24. The first kappa shape index (κ1) is 14.2. The monoisotopic (exact) mass is 277 g/mol. The van der Waals surface area contributed by atoms with Crippen molar-refractivity contribution < 1.29 is 13.6 Å². The molecule has 0 fully saturated rings. The van der Waals surface area contributed by atoms with Crippen LogP contribution in [-0.2, 0) is 6.42 Å². The molecule has 0 atom stereocenters. The first-order valence-electron chi connectivity index (χ1n) is 6.42. The Morgan fingerprint density at radius 1 is 1.30 bits per heavy atom. The van der Waals surface area contributed by atoms with E-state index in [4.69, 9.17) is 4.42 Å². The minimum atomic E-state index is -0.397. The number of nitrogens with one attached hydrogen (secondary N) is 1. The molecule has 1 heterocycles. The van der Waals surface area contributed by atoms with E-state index in [-0.39, 0.29) is 17.6 Å². The fraction of sp³-hybridized carbons (Fsp3) is 0.357. The second-order valence-corrected chi connectivity index (χ2v) is 4.73. The molecule has 5 nitrogen and oxygen atoms in total. The minimum absolute atomic E-state index is 0.0344. The van der Waals surface area contributed by atoms with Gasteiger partial charge < -0.3 is 9.73 Å². The number of rotatable bonds is 5. The van der Waals surface area contributed by atoms with Crippen LogP contribution < -0.4 is 5.32 Å². The van der Waals surface area contributed by atoms with Gasteiger partial charge in [-0.1, -0.05) is 26.0 Å². The van der Waals surface area contributed by atoms with E-state index in [1.165, 1.54) is 12.1 Å². The Kier molecular flexibility index (Phi) is 4.45. The van der Waals surface area contributed by atoms with Gasteiger partial charge in [-0.25, -0.2) is 4.39 Å². The largest absolute Gasteiger partial charge is 0.417 e. The summed E-state index contributed by atoms with van der Waals surface area (Å²) < 4.78 is 18.0. The van der Waals surface area contributed by atoms with Crippen LogP contribution in [0.3, 0.4) is 0 Å². The van der Waals surface area contributed by atoms with Crippen LogP contribution in [0.25, 0.3) is 0 Å². The second-order valence-electron chi connectivity index (χ2n) is 4.73. The molecule has 1 aromatic carbocycles. The zero-order chi connectivity index (χ0) is 14.5. The minimum Gasteiger partial charge on any atom is -0.417 e. The molecule has 0 unspecified atom stereocenters. The standard InChI is InChI=1S/C14H16FN3O2/c1-9(2)13-17-18-14(20-13)12(19)16-8-7-10-3-5-11(15)6-4-10/h3-6,9H,7-8H2,1-2H3,(H,16,19). The highest BCUT2D eigenvalue weighted by Crippen LogP contribution is 2.11. The Morgan fingerprint density at radius 3 is 2.60 bits per heavy atom. The summed E-state index contributed by atoms with van der Waals surface area (Å²) in [4.78, 5) is 11.8. The van der Waals surface area contributed by atoms with Crippen molar-refractivity contribution in [2.45, 2.75) is 26.2 Å². The third-order valence-electron chi connectivity index (χ3n) is 2.74. The van der Waals surface area contributed by atoms with Crippen LogP contribution >= 0.6 is 0 Å². The summed E-state index contributed by atoms with van der Waals surface area (Å²) in [5.74, 6) is -0.180. The van der Waals surface area contributed by atoms with Gasteiger partial charge in [0.1, 0.15) is 5.82 Å². The van der Waals surface area contributed by atoms with E-state index in [2.05, 4.69) is 15.5 Å². The topological polar surface area (TPSA) is 68.0 Å². The zero-order valence-corrected chi connectivity index (χ0v) is 11.4. The van der Waals surface area contributed by atoms with Crippen molar-refractivity contribution in [3.63, 3.8) is 0 Å². The number of benzene rings is 1. The molecule has 106 valence electrons. The lowest BCUT2D eigenvalue weighted by atomic mass is 10.1. The van der Waals surface area contributed by atoms with Crippen LogP contribution in [0.1, 0.15) is 41.9 Å². The fourth-order valence-corrected chi connectivity index (χ4v) is 1.61. The lowest BCUT2D eigenvalue weighted by molar-refractivity contribution is 0.0917. The predicted molar refractivity (Wildman–Crippen MR) is 70.8 cm³/mol. The van der Waals surface area contributed by atoms with Gasteiger partial charge in [-0.05, 0) is 24.1 Å². The van der Waals surface area contributed by atoms with Gasteiger partial charge >= 0.3 is 11.8 Å². The normalized spacial score (nSPS) is 10.8. The first-order chi connectivity index (χ1) is 9.56. The Morgan fingerprint density at radius 2 is 2.00 bits per heavy atom. The highest BCUT2D eigenvalue weighted by atomic mass is 19.1. The van der Waals surface area contributed by atoms with Gasteiger partial charge in [0.15, 0.2) is 0 Å². The molecule has 6 heteroatoms. The van der Waals surface area contributed by atoms with E-state index in [1.54, 1.807) is 12.1 Å². The van der Waals surface area contributed by atoms with Crippen LogP contribution in [0.5, 0.6) is 0 Å². The van der Waals surface area contributed by atoms with Crippen molar-refractivity contribution >= 4 is 5.91 Å². The number of aromatic nitrogens is 2. The summed E-state index contributed by atoms with van der Waals surface area (Å²) in [6.45, 7) is 4.23. The summed E-state index contributed by atoms with van der Waals surface area (Å²) in [6, 6.07) is 6.16. The number of hydrogen-bond acceptors (Lipinski definition) is 4. The van der Waals surface area contributed by atoms with E-state index in [0.717, 1.165) is 5.56 Å². The Labute approximate surface area is 116 Å².